The zero-order valence-corrected chi connectivity index (χ0v) is 13.9. The van der Waals surface area contributed by atoms with Crippen molar-refractivity contribution in [1.82, 2.24) is 0 Å². The lowest BCUT2D eigenvalue weighted by Crippen LogP contribution is -2.19. The standard InChI is InChI=1S/C16H9Cl2NO3S/c17-13-14(18)16(20)12-9-5-4-8-11(12)15(13)19-23(21,22)10-6-2-1-3-7-10/h1-9H/b19-15-. The molecule has 1 aliphatic carbocycles. The molecule has 0 atom stereocenters. The molecule has 0 radical (unpaired) electrons. The quantitative estimate of drug-likeness (QED) is 0.813. The Morgan fingerprint density at radius 2 is 1.35 bits per heavy atom. The lowest BCUT2D eigenvalue weighted by Gasteiger charge is -2.17. The molecule has 2 aromatic rings. The summed E-state index contributed by atoms with van der Waals surface area (Å²) in [7, 11) is -3.98. The average Bonchev–Trinajstić information content (AvgIpc) is 2.57. The minimum atomic E-state index is -3.98. The summed E-state index contributed by atoms with van der Waals surface area (Å²) in [6.07, 6.45) is 0. The van der Waals surface area contributed by atoms with E-state index in [-0.39, 0.29) is 26.2 Å². The molecule has 0 aliphatic heterocycles. The van der Waals surface area contributed by atoms with Crippen molar-refractivity contribution in [2.45, 2.75) is 4.90 Å². The maximum Gasteiger partial charge on any atom is 0.282 e. The molecule has 0 aromatic heterocycles. The summed E-state index contributed by atoms with van der Waals surface area (Å²) >= 11 is 12.0. The molecule has 0 bridgehead atoms. The second-order valence-corrected chi connectivity index (χ2v) is 7.09. The van der Waals surface area contributed by atoms with Crippen LogP contribution in [0.2, 0.25) is 0 Å². The highest BCUT2D eigenvalue weighted by Gasteiger charge is 2.30. The van der Waals surface area contributed by atoms with E-state index in [1.165, 1.54) is 12.1 Å². The van der Waals surface area contributed by atoms with Gasteiger partial charge in [0.05, 0.1) is 9.93 Å². The van der Waals surface area contributed by atoms with E-state index in [0.717, 1.165) is 0 Å². The molecule has 1 aliphatic rings. The van der Waals surface area contributed by atoms with Crippen LogP contribution in [0, 0.1) is 0 Å². The number of Topliss-reactive ketones (excluding diaryl/α,β-unsaturated/α-hetero) is 1. The highest BCUT2D eigenvalue weighted by atomic mass is 35.5. The second kappa shape index (κ2) is 5.92. The largest absolute Gasteiger partial charge is 0.288 e. The van der Waals surface area contributed by atoms with E-state index in [0.29, 0.717) is 5.56 Å². The molecule has 0 heterocycles. The number of ketones is 1. The van der Waals surface area contributed by atoms with Crippen molar-refractivity contribution in [3.05, 3.63) is 75.8 Å². The van der Waals surface area contributed by atoms with Crippen LogP contribution in [0.3, 0.4) is 0 Å². The predicted molar refractivity (Wildman–Crippen MR) is 89.7 cm³/mol. The number of sulfonamides is 1. The Balaban J connectivity index is 2.24. The van der Waals surface area contributed by atoms with Gasteiger partial charge in [-0.05, 0) is 12.1 Å². The molecule has 0 amide bonds. The van der Waals surface area contributed by atoms with Crippen LogP contribution in [-0.4, -0.2) is 19.9 Å². The van der Waals surface area contributed by atoms with Crippen molar-refractivity contribution >= 4 is 44.7 Å². The van der Waals surface area contributed by atoms with E-state index in [1.807, 2.05) is 0 Å². The molecule has 3 rings (SSSR count). The zero-order chi connectivity index (χ0) is 16.6. The van der Waals surface area contributed by atoms with Gasteiger partial charge >= 0.3 is 0 Å². The first kappa shape index (κ1) is 15.9. The first-order valence-electron chi connectivity index (χ1n) is 6.51. The van der Waals surface area contributed by atoms with Crippen LogP contribution in [0.25, 0.3) is 0 Å². The van der Waals surface area contributed by atoms with Crippen LogP contribution < -0.4 is 0 Å². The molecule has 0 unspecified atom stereocenters. The van der Waals surface area contributed by atoms with Crippen LogP contribution in [0.1, 0.15) is 15.9 Å². The number of hydrogen-bond acceptors (Lipinski definition) is 3. The second-order valence-electron chi connectivity index (χ2n) is 4.73. The number of carbonyl (C=O) groups is 1. The molecule has 4 nitrogen and oxygen atoms in total. The predicted octanol–water partition coefficient (Wildman–Crippen LogP) is 3.75. The van der Waals surface area contributed by atoms with Gasteiger partial charge in [-0.2, -0.15) is 12.8 Å². The highest BCUT2D eigenvalue weighted by Crippen LogP contribution is 2.32. The van der Waals surface area contributed by atoms with Crippen molar-refractivity contribution in [3.8, 4) is 0 Å². The van der Waals surface area contributed by atoms with Crippen LogP contribution >= 0.6 is 23.2 Å². The van der Waals surface area contributed by atoms with Crippen molar-refractivity contribution < 1.29 is 13.2 Å². The molecule has 0 saturated carbocycles. The van der Waals surface area contributed by atoms with Gasteiger partial charge in [0.2, 0.25) is 5.78 Å². The van der Waals surface area contributed by atoms with Gasteiger partial charge in [0, 0.05) is 11.1 Å². The Bertz CT molecular complexity index is 964. The Morgan fingerprint density at radius 3 is 2.00 bits per heavy atom. The van der Waals surface area contributed by atoms with E-state index in [9.17, 15) is 13.2 Å². The van der Waals surface area contributed by atoms with Gasteiger partial charge in [0.15, 0.2) is 0 Å². The van der Waals surface area contributed by atoms with Gasteiger partial charge < -0.3 is 0 Å². The fourth-order valence-electron chi connectivity index (χ4n) is 2.18. The van der Waals surface area contributed by atoms with Crippen molar-refractivity contribution in [3.63, 3.8) is 0 Å². The molecule has 23 heavy (non-hydrogen) atoms. The van der Waals surface area contributed by atoms with E-state index < -0.39 is 15.8 Å². The van der Waals surface area contributed by atoms with Gasteiger partial charge in [0.1, 0.15) is 10.7 Å². The van der Waals surface area contributed by atoms with Crippen molar-refractivity contribution in [2.75, 3.05) is 0 Å². The third-order valence-electron chi connectivity index (χ3n) is 3.28. The topological polar surface area (TPSA) is 63.6 Å². The number of nitrogens with zero attached hydrogens (tertiary/aromatic N) is 1. The summed E-state index contributed by atoms with van der Waals surface area (Å²) in [5.74, 6) is -0.455. The van der Waals surface area contributed by atoms with Crippen LogP contribution in [-0.2, 0) is 10.0 Å². The number of carbonyl (C=O) groups excluding carboxylic acids is 1. The number of fused-ring (bicyclic) bond motifs is 1. The Morgan fingerprint density at radius 1 is 0.783 bits per heavy atom. The van der Waals surface area contributed by atoms with Gasteiger partial charge in [-0.25, -0.2) is 0 Å². The highest BCUT2D eigenvalue weighted by molar-refractivity contribution is 7.90. The van der Waals surface area contributed by atoms with E-state index in [2.05, 4.69) is 4.40 Å². The van der Waals surface area contributed by atoms with Gasteiger partial charge in [-0.15, -0.1) is 0 Å². The fourth-order valence-corrected chi connectivity index (χ4v) is 3.69. The van der Waals surface area contributed by atoms with Crippen LogP contribution in [0.15, 0.2) is 74.0 Å². The summed E-state index contributed by atoms with van der Waals surface area (Å²) in [4.78, 5) is 12.2. The third kappa shape index (κ3) is 2.83. The Labute approximate surface area is 143 Å². The van der Waals surface area contributed by atoms with E-state index in [4.69, 9.17) is 23.2 Å². The average molecular weight is 366 g/mol. The van der Waals surface area contributed by atoms with Gasteiger partial charge in [0.25, 0.3) is 10.0 Å². The van der Waals surface area contributed by atoms with Crippen LogP contribution in [0.4, 0.5) is 0 Å². The summed E-state index contributed by atoms with van der Waals surface area (Å²) in [6.45, 7) is 0. The molecule has 0 spiro atoms. The number of halogens is 2. The minimum Gasteiger partial charge on any atom is -0.288 e. The van der Waals surface area contributed by atoms with E-state index >= 15 is 0 Å². The Kier molecular flexibility index (Phi) is 4.10. The summed E-state index contributed by atoms with van der Waals surface area (Å²) in [5.41, 5.74) is 0.575. The van der Waals surface area contributed by atoms with Gasteiger partial charge in [-0.1, -0.05) is 65.7 Å². The summed E-state index contributed by atoms with van der Waals surface area (Å²) < 4.78 is 28.7. The SMILES string of the molecule is O=C1C(Cl)=C(Cl)/C(=N\S(=O)(=O)c2ccccc2)c2ccccc21. The lowest BCUT2D eigenvalue weighted by atomic mass is 9.94. The van der Waals surface area contributed by atoms with Crippen LogP contribution in [0.5, 0.6) is 0 Å². The number of allylic oxidation sites excluding steroid dienone is 2. The molecule has 2 aromatic carbocycles. The van der Waals surface area contributed by atoms with Gasteiger partial charge in [-0.3, -0.25) is 4.79 Å². The minimum absolute atomic E-state index is 0.0301. The number of hydrogen-bond donors (Lipinski definition) is 0. The fraction of sp³-hybridized carbons (Fsp3) is 0. The zero-order valence-electron chi connectivity index (χ0n) is 11.5. The number of benzene rings is 2. The summed E-state index contributed by atoms with van der Waals surface area (Å²) in [6, 6.07) is 14.2. The first-order chi connectivity index (χ1) is 10.9. The normalized spacial score (nSPS) is 16.6. The molecule has 0 saturated heterocycles. The first-order valence-corrected chi connectivity index (χ1v) is 8.71. The maximum atomic E-state index is 12.4. The third-order valence-corrected chi connectivity index (χ3v) is 5.40. The Hall–Kier alpha value is -1.95. The molecule has 0 N–H and O–H groups in total. The molecule has 0 fully saturated rings. The van der Waals surface area contributed by atoms with E-state index in [1.54, 1.807) is 42.5 Å². The lowest BCUT2D eigenvalue weighted by molar-refractivity contribution is 0.104. The molecular formula is C16H9Cl2NO3S. The molecule has 7 heteroatoms. The smallest absolute Gasteiger partial charge is 0.282 e. The van der Waals surface area contributed by atoms with Crippen molar-refractivity contribution in [1.29, 1.82) is 0 Å². The molecule has 116 valence electrons. The maximum absolute atomic E-state index is 12.4. The summed E-state index contributed by atoms with van der Waals surface area (Å²) in [5, 5.41) is -0.415. The monoisotopic (exact) mass is 365 g/mol. The number of rotatable bonds is 2. The van der Waals surface area contributed by atoms with Crippen molar-refractivity contribution in [2.24, 2.45) is 4.40 Å². The molecular weight excluding hydrogens is 357 g/mol.